The van der Waals surface area contributed by atoms with Gasteiger partial charge in [-0.25, -0.2) is 0 Å². The van der Waals surface area contributed by atoms with Crippen molar-refractivity contribution in [2.45, 2.75) is 126 Å². The van der Waals surface area contributed by atoms with Crippen molar-refractivity contribution in [3.63, 3.8) is 0 Å². The van der Waals surface area contributed by atoms with Gasteiger partial charge < -0.3 is 0 Å². The first-order chi connectivity index (χ1) is 11.7. The highest BCUT2D eigenvalue weighted by Crippen LogP contribution is 2.78. The molecule has 0 bridgehead atoms. The maximum atomic E-state index is 3.74. The minimum atomic E-state index is -1.42. The summed E-state index contributed by atoms with van der Waals surface area (Å²) in [5.41, 5.74) is 0. The van der Waals surface area contributed by atoms with Crippen molar-refractivity contribution in [2.75, 3.05) is 0 Å². The first kappa shape index (κ1) is 30.2. The molecule has 0 heterocycles. The van der Waals surface area contributed by atoms with Gasteiger partial charge in [-0.05, 0) is 8.05 Å². The molecule has 0 N–H and O–H groups in total. The van der Waals surface area contributed by atoms with Crippen LogP contribution in [0.15, 0.2) is 0 Å². The molecule has 0 aliphatic heterocycles. The third-order valence-electron chi connectivity index (χ3n) is 7.24. The van der Waals surface area contributed by atoms with E-state index in [9.17, 15) is 0 Å². The summed E-state index contributed by atoms with van der Waals surface area (Å²) in [6.07, 6.45) is 0. The molecule has 0 saturated heterocycles. The average Bonchev–Trinajstić information content (AvgIpc) is 2.14. The Morgan fingerprint density at radius 3 is 0.536 bits per heavy atom. The second-order valence-electron chi connectivity index (χ2n) is 15.3. The third kappa shape index (κ3) is 4.47. The SMILES string of the molecule is C[Si](C)(C)C(P(P)C([Si](C)(C)C)([Si](C)(C)C)[Si](C)(C)C)([Si](C)(C)C)[Si](C)(C)C. The van der Waals surface area contributed by atoms with Crippen LogP contribution in [0.5, 0.6) is 0 Å². The van der Waals surface area contributed by atoms with Gasteiger partial charge in [-0.3, -0.25) is 0 Å². The van der Waals surface area contributed by atoms with Crippen LogP contribution in [0.25, 0.3) is 0 Å². The highest BCUT2D eigenvalue weighted by atomic mass is 32.0. The number of hydrogen-bond acceptors (Lipinski definition) is 0. The summed E-state index contributed by atoms with van der Waals surface area (Å²) in [5.74, 6) is 0. The van der Waals surface area contributed by atoms with Crippen LogP contribution in [0, 0.1) is 0 Å². The van der Waals surface area contributed by atoms with Crippen LogP contribution in [-0.4, -0.2) is 56.5 Å². The molecule has 0 radical (unpaired) electrons. The van der Waals surface area contributed by atoms with Crippen molar-refractivity contribution in [1.29, 1.82) is 0 Å². The van der Waals surface area contributed by atoms with Crippen LogP contribution >= 0.6 is 16.5 Å². The summed E-state index contributed by atoms with van der Waals surface area (Å²) in [6.45, 7) is 49.6. The van der Waals surface area contributed by atoms with Crippen LogP contribution < -0.4 is 0 Å². The minimum absolute atomic E-state index is 0.117. The zero-order valence-corrected chi connectivity index (χ0v) is 31.1. The van der Waals surface area contributed by atoms with E-state index in [1.165, 1.54) is 0 Å². The number of rotatable bonds is 8. The van der Waals surface area contributed by atoms with Crippen molar-refractivity contribution in [1.82, 2.24) is 0 Å². The fourth-order valence-electron chi connectivity index (χ4n) is 9.17. The smallest absolute Gasteiger partial charge is 0.0501 e. The van der Waals surface area contributed by atoms with Gasteiger partial charge in [0, 0.05) is 0 Å². The molecule has 0 nitrogen and oxygen atoms in total. The molecule has 0 aromatic heterocycles. The Morgan fingerprint density at radius 1 is 0.357 bits per heavy atom. The average molecular weight is 527 g/mol. The lowest BCUT2D eigenvalue weighted by atomic mass is 11.6. The van der Waals surface area contributed by atoms with Gasteiger partial charge in [0.15, 0.2) is 0 Å². The van der Waals surface area contributed by atoms with E-state index in [-0.39, 0.29) is 7.61 Å². The lowest BCUT2D eigenvalue weighted by molar-refractivity contribution is 1.20. The molecule has 0 aliphatic rings. The van der Waals surface area contributed by atoms with Crippen LogP contribution in [0.1, 0.15) is 0 Å². The first-order valence-corrected chi connectivity index (χ1v) is 35.2. The Hall–Kier alpha value is 2.16. The zero-order valence-electron chi connectivity index (χ0n) is 23.0. The molecule has 28 heavy (non-hydrogen) atoms. The molecule has 0 aromatic rings. The van der Waals surface area contributed by atoms with Gasteiger partial charge in [0.25, 0.3) is 0 Å². The van der Waals surface area contributed by atoms with Gasteiger partial charge in [-0.2, -0.15) is 0 Å². The maximum Gasteiger partial charge on any atom is 0.0501 e. The summed E-state index contributed by atoms with van der Waals surface area (Å²) < 4.78 is 1.35. The maximum absolute atomic E-state index is 3.74. The molecule has 8 heteroatoms. The van der Waals surface area contributed by atoms with Crippen molar-refractivity contribution in [3.05, 3.63) is 0 Å². The lowest BCUT2D eigenvalue weighted by Crippen LogP contribution is -2.83. The fraction of sp³-hybridized carbons (Fsp3) is 1.00. The van der Waals surface area contributed by atoms with Crippen LogP contribution in [0.2, 0.25) is 118 Å². The Kier molecular flexibility index (Phi) is 8.81. The van der Waals surface area contributed by atoms with E-state index < -0.39 is 48.4 Å². The zero-order chi connectivity index (χ0) is 23.6. The summed E-state index contributed by atoms with van der Waals surface area (Å²) >= 11 is 0. The van der Waals surface area contributed by atoms with E-state index in [1.807, 2.05) is 0 Å². The van der Waals surface area contributed by atoms with Gasteiger partial charge in [-0.1, -0.05) is 125 Å². The highest BCUT2D eigenvalue weighted by molar-refractivity contribution is 8.21. The largest absolute Gasteiger partial charge is 0.112 e. The Balaban J connectivity index is 7.83. The van der Waals surface area contributed by atoms with Gasteiger partial charge >= 0.3 is 0 Å². The molecule has 0 spiro atoms. The molecular formula is C20H56P2Si6. The first-order valence-electron chi connectivity index (χ1n) is 11.2. The van der Waals surface area contributed by atoms with Crippen molar-refractivity contribution >= 4 is 65.0 Å². The molecule has 1 unspecified atom stereocenters. The molecule has 1 atom stereocenters. The molecule has 0 aromatic carbocycles. The van der Waals surface area contributed by atoms with Gasteiger partial charge in [0.05, 0.1) is 48.4 Å². The fourth-order valence-corrected chi connectivity index (χ4v) is 108. The predicted molar refractivity (Wildman–Crippen MR) is 162 cm³/mol. The van der Waals surface area contributed by atoms with Gasteiger partial charge in [0.2, 0.25) is 0 Å². The Labute approximate surface area is 190 Å². The standard InChI is InChI=1S/C20H56P2Si6/c1-23(2,3)19(24(4,5)6,25(7,8)9)22(21)20(26(10,11)12,27(13,14)15)28(16,17)18/h21H2,1-18H3. The van der Waals surface area contributed by atoms with Crippen molar-refractivity contribution in [3.8, 4) is 0 Å². The molecule has 0 amide bonds. The predicted octanol–water partition coefficient (Wildman–Crippen LogP) is 9.00. The lowest BCUT2D eigenvalue weighted by Gasteiger charge is -2.72. The molecule has 0 aliphatic carbocycles. The van der Waals surface area contributed by atoms with Crippen molar-refractivity contribution < 1.29 is 0 Å². The van der Waals surface area contributed by atoms with E-state index in [1.54, 1.807) is 0 Å². The molecule has 0 saturated carbocycles. The van der Waals surface area contributed by atoms with Crippen LogP contribution in [-0.2, 0) is 0 Å². The van der Waals surface area contributed by atoms with Crippen molar-refractivity contribution in [2.24, 2.45) is 0 Å². The van der Waals surface area contributed by atoms with Gasteiger partial charge in [0.1, 0.15) is 0 Å². The molecule has 170 valence electrons. The topological polar surface area (TPSA) is 0 Å². The van der Waals surface area contributed by atoms with E-state index in [0.717, 1.165) is 0 Å². The normalized spacial score (nSPS) is 16.7. The van der Waals surface area contributed by atoms with Crippen LogP contribution in [0.3, 0.4) is 0 Å². The Bertz CT molecular complexity index is 426. The van der Waals surface area contributed by atoms with E-state index in [4.69, 9.17) is 0 Å². The van der Waals surface area contributed by atoms with Gasteiger partial charge in [-0.15, -0.1) is 8.93 Å². The monoisotopic (exact) mass is 526 g/mol. The second-order valence-corrected chi connectivity index (χ2v) is 55.9. The molecular weight excluding hydrogens is 471 g/mol. The van der Waals surface area contributed by atoms with Crippen LogP contribution in [0.4, 0.5) is 0 Å². The molecule has 0 fully saturated rings. The van der Waals surface area contributed by atoms with E-state index in [2.05, 4.69) is 127 Å². The summed E-state index contributed by atoms with van der Waals surface area (Å²) in [6, 6.07) is 0. The third-order valence-corrected chi connectivity index (χ3v) is 72.1. The molecule has 0 rings (SSSR count). The summed E-state index contributed by atoms with van der Waals surface area (Å²) in [5, 5.41) is 0. The minimum Gasteiger partial charge on any atom is -0.112 e. The Morgan fingerprint density at radius 2 is 0.464 bits per heavy atom. The highest BCUT2D eigenvalue weighted by Gasteiger charge is 2.72. The number of hydrogen-bond donors (Lipinski definition) is 0. The van der Waals surface area contributed by atoms with E-state index >= 15 is 0 Å². The quantitative estimate of drug-likeness (QED) is 0.218. The second kappa shape index (κ2) is 8.18. The summed E-state index contributed by atoms with van der Waals surface area (Å²) in [4.78, 5) is 0. The van der Waals surface area contributed by atoms with E-state index in [0.29, 0.717) is 8.05 Å². The summed E-state index contributed by atoms with van der Waals surface area (Å²) in [7, 11) is -4.89.